The van der Waals surface area contributed by atoms with Crippen molar-refractivity contribution in [2.45, 2.75) is 25.2 Å². The molecule has 0 heterocycles. The highest BCUT2D eigenvalue weighted by Gasteiger charge is 2.18. The predicted octanol–water partition coefficient (Wildman–Crippen LogP) is 1.62. The Morgan fingerprint density at radius 1 is 1.22 bits per heavy atom. The highest BCUT2D eigenvalue weighted by molar-refractivity contribution is 7.92. The summed E-state index contributed by atoms with van der Waals surface area (Å²) in [6, 6.07) is 8.02. The van der Waals surface area contributed by atoms with Gasteiger partial charge in [-0.2, -0.15) is 0 Å². The Morgan fingerprint density at radius 2 is 1.83 bits per heavy atom. The van der Waals surface area contributed by atoms with Gasteiger partial charge in [0.1, 0.15) is 5.75 Å². The van der Waals surface area contributed by atoms with E-state index >= 15 is 0 Å². The van der Waals surface area contributed by atoms with E-state index in [9.17, 15) is 13.2 Å². The SMILES string of the molecule is CC(C)CCNC(=O)CS(=O)(=O)c1ccccc1. The number of amides is 1. The summed E-state index contributed by atoms with van der Waals surface area (Å²) in [5.74, 6) is -0.453. The Hall–Kier alpha value is -1.36. The number of hydrogen-bond acceptors (Lipinski definition) is 3. The largest absolute Gasteiger partial charge is 0.355 e. The van der Waals surface area contributed by atoms with Gasteiger partial charge in [0.15, 0.2) is 9.84 Å². The molecule has 1 rings (SSSR count). The van der Waals surface area contributed by atoms with Gasteiger partial charge in [0.05, 0.1) is 4.90 Å². The van der Waals surface area contributed by atoms with Crippen LogP contribution in [-0.2, 0) is 14.6 Å². The number of carbonyl (C=O) groups is 1. The van der Waals surface area contributed by atoms with E-state index in [4.69, 9.17) is 0 Å². The number of nitrogens with one attached hydrogen (secondary N) is 1. The second-order valence-corrected chi connectivity index (χ2v) is 6.59. The first-order valence-electron chi connectivity index (χ1n) is 5.96. The average molecular weight is 269 g/mol. The van der Waals surface area contributed by atoms with Gasteiger partial charge in [-0.1, -0.05) is 32.0 Å². The molecule has 0 aliphatic carbocycles. The third-order valence-electron chi connectivity index (χ3n) is 2.47. The van der Waals surface area contributed by atoms with Gasteiger partial charge in [-0.15, -0.1) is 0 Å². The second kappa shape index (κ2) is 6.54. The van der Waals surface area contributed by atoms with Crippen LogP contribution in [0, 0.1) is 5.92 Å². The second-order valence-electron chi connectivity index (χ2n) is 4.60. The summed E-state index contributed by atoms with van der Waals surface area (Å²) < 4.78 is 23.8. The van der Waals surface area contributed by atoms with E-state index in [1.165, 1.54) is 12.1 Å². The van der Waals surface area contributed by atoms with Crippen LogP contribution in [0.25, 0.3) is 0 Å². The zero-order valence-corrected chi connectivity index (χ0v) is 11.5. The number of rotatable bonds is 6. The van der Waals surface area contributed by atoms with E-state index in [0.29, 0.717) is 12.5 Å². The zero-order chi connectivity index (χ0) is 13.6. The lowest BCUT2D eigenvalue weighted by molar-refractivity contribution is -0.118. The predicted molar refractivity (Wildman–Crippen MR) is 71.0 cm³/mol. The van der Waals surface area contributed by atoms with Gasteiger partial charge in [-0.3, -0.25) is 4.79 Å². The van der Waals surface area contributed by atoms with E-state index in [-0.39, 0.29) is 4.90 Å². The quantitative estimate of drug-likeness (QED) is 0.853. The molecular formula is C13H19NO3S. The zero-order valence-electron chi connectivity index (χ0n) is 10.7. The number of carbonyl (C=O) groups excluding carboxylic acids is 1. The first-order chi connectivity index (χ1) is 8.42. The minimum atomic E-state index is -3.52. The molecule has 0 saturated carbocycles. The molecule has 0 saturated heterocycles. The monoisotopic (exact) mass is 269 g/mol. The molecule has 0 radical (unpaired) electrons. The van der Waals surface area contributed by atoms with Crippen molar-refractivity contribution in [1.82, 2.24) is 5.32 Å². The summed E-state index contributed by atoms with van der Waals surface area (Å²) in [6.45, 7) is 4.61. The molecule has 0 atom stereocenters. The van der Waals surface area contributed by atoms with Crippen LogP contribution in [0.5, 0.6) is 0 Å². The fourth-order valence-corrected chi connectivity index (χ4v) is 2.62. The molecule has 0 unspecified atom stereocenters. The first-order valence-corrected chi connectivity index (χ1v) is 7.61. The highest BCUT2D eigenvalue weighted by Crippen LogP contribution is 2.09. The molecule has 0 aliphatic rings. The van der Waals surface area contributed by atoms with E-state index in [2.05, 4.69) is 5.32 Å². The Balaban J connectivity index is 2.54. The molecule has 0 aromatic heterocycles. The van der Waals surface area contributed by atoms with Gasteiger partial charge in [0.2, 0.25) is 5.91 Å². The lowest BCUT2D eigenvalue weighted by Crippen LogP contribution is -2.31. The summed E-state index contributed by atoms with van der Waals surface area (Å²) in [5.41, 5.74) is 0. The van der Waals surface area contributed by atoms with Gasteiger partial charge >= 0.3 is 0 Å². The molecule has 18 heavy (non-hydrogen) atoms. The summed E-state index contributed by atoms with van der Waals surface area (Å²) >= 11 is 0. The standard InChI is InChI=1S/C13H19NO3S/c1-11(2)8-9-14-13(15)10-18(16,17)12-6-4-3-5-7-12/h3-7,11H,8-10H2,1-2H3,(H,14,15). The van der Waals surface area contributed by atoms with Crippen molar-refractivity contribution >= 4 is 15.7 Å². The topological polar surface area (TPSA) is 63.2 Å². The summed E-state index contributed by atoms with van der Waals surface area (Å²) in [6.07, 6.45) is 0.844. The maximum absolute atomic E-state index is 11.9. The van der Waals surface area contributed by atoms with Crippen molar-refractivity contribution in [3.05, 3.63) is 30.3 Å². The molecule has 1 amide bonds. The van der Waals surface area contributed by atoms with Crippen LogP contribution in [0.15, 0.2) is 35.2 Å². The lowest BCUT2D eigenvalue weighted by atomic mass is 10.1. The normalized spacial score (nSPS) is 11.5. The molecule has 1 aromatic carbocycles. The van der Waals surface area contributed by atoms with E-state index in [1.807, 2.05) is 13.8 Å². The van der Waals surface area contributed by atoms with Crippen LogP contribution < -0.4 is 5.32 Å². The first kappa shape index (κ1) is 14.7. The van der Waals surface area contributed by atoms with Gasteiger partial charge in [-0.05, 0) is 24.5 Å². The van der Waals surface area contributed by atoms with Crippen molar-refractivity contribution in [3.63, 3.8) is 0 Å². The van der Waals surface area contributed by atoms with Crippen molar-refractivity contribution in [2.75, 3.05) is 12.3 Å². The average Bonchev–Trinajstić information content (AvgIpc) is 2.29. The van der Waals surface area contributed by atoms with Gasteiger partial charge < -0.3 is 5.32 Å². The Bertz CT molecular complexity index is 480. The maximum atomic E-state index is 11.9. The summed E-state index contributed by atoms with van der Waals surface area (Å²) in [7, 11) is -3.52. The Kier molecular flexibility index (Phi) is 5.34. The molecular weight excluding hydrogens is 250 g/mol. The van der Waals surface area contributed by atoms with Crippen molar-refractivity contribution in [2.24, 2.45) is 5.92 Å². The minimum Gasteiger partial charge on any atom is -0.355 e. The number of hydrogen-bond donors (Lipinski definition) is 1. The molecule has 4 nitrogen and oxygen atoms in total. The van der Waals surface area contributed by atoms with Crippen molar-refractivity contribution in [3.8, 4) is 0 Å². The number of sulfone groups is 1. The van der Waals surface area contributed by atoms with Crippen LogP contribution in [-0.4, -0.2) is 26.6 Å². The third-order valence-corrected chi connectivity index (χ3v) is 4.10. The number of benzene rings is 1. The van der Waals surface area contributed by atoms with Gasteiger partial charge in [-0.25, -0.2) is 8.42 Å². The lowest BCUT2D eigenvalue weighted by Gasteiger charge is -2.07. The maximum Gasteiger partial charge on any atom is 0.235 e. The van der Waals surface area contributed by atoms with Crippen LogP contribution in [0.2, 0.25) is 0 Å². The van der Waals surface area contributed by atoms with E-state index in [1.54, 1.807) is 18.2 Å². The smallest absolute Gasteiger partial charge is 0.235 e. The van der Waals surface area contributed by atoms with Crippen LogP contribution in [0.1, 0.15) is 20.3 Å². The molecule has 1 aromatic rings. The van der Waals surface area contributed by atoms with E-state index < -0.39 is 21.5 Å². The Labute approximate surface area is 108 Å². The highest BCUT2D eigenvalue weighted by atomic mass is 32.2. The Morgan fingerprint density at radius 3 is 2.39 bits per heavy atom. The van der Waals surface area contributed by atoms with Crippen LogP contribution >= 0.6 is 0 Å². The van der Waals surface area contributed by atoms with Crippen LogP contribution in [0.3, 0.4) is 0 Å². The molecule has 1 N–H and O–H groups in total. The van der Waals surface area contributed by atoms with Crippen LogP contribution in [0.4, 0.5) is 0 Å². The molecule has 0 bridgehead atoms. The summed E-state index contributed by atoms with van der Waals surface area (Å²) in [5, 5.41) is 2.62. The molecule has 0 fully saturated rings. The molecule has 5 heteroatoms. The van der Waals surface area contributed by atoms with Crippen molar-refractivity contribution < 1.29 is 13.2 Å². The van der Waals surface area contributed by atoms with Gasteiger partial charge in [0.25, 0.3) is 0 Å². The van der Waals surface area contributed by atoms with Crippen molar-refractivity contribution in [1.29, 1.82) is 0 Å². The molecule has 100 valence electrons. The molecule has 0 spiro atoms. The third kappa shape index (κ3) is 4.87. The molecule has 0 aliphatic heterocycles. The fraction of sp³-hybridized carbons (Fsp3) is 0.462. The minimum absolute atomic E-state index is 0.184. The van der Waals surface area contributed by atoms with E-state index in [0.717, 1.165) is 6.42 Å². The summed E-state index contributed by atoms with van der Waals surface area (Å²) in [4.78, 5) is 11.7. The fourth-order valence-electron chi connectivity index (χ4n) is 1.44. The van der Waals surface area contributed by atoms with Gasteiger partial charge in [0, 0.05) is 6.54 Å².